The van der Waals surface area contributed by atoms with Crippen molar-refractivity contribution in [3.63, 3.8) is 0 Å². The summed E-state index contributed by atoms with van der Waals surface area (Å²) in [6, 6.07) is 14.9. The zero-order valence-corrected chi connectivity index (χ0v) is 13.8. The van der Waals surface area contributed by atoms with Gasteiger partial charge in [-0.05, 0) is 30.3 Å². The highest BCUT2D eigenvalue weighted by molar-refractivity contribution is 6.12. The van der Waals surface area contributed by atoms with Crippen molar-refractivity contribution in [2.75, 3.05) is 23.4 Å². The van der Waals surface area contributed by atoms with Crippen LogP contribution in [0.4, 0.5) is 11.4 Å². The van der Waals surface area contributed by atoms with E-state index >= 15 is 0 Å². The molecule has 0 saturated heterocycles. The third kappa shape index (κ3) is 2.28. The van der Waals surface area contributed by atoms with Crippen molar-refractivity contribution in [3.8, 4) is 11.5 Å². The van der Waals surface area contributed by atoms with E-state index in [1.54, 1.807) is 11.1 Å². The number of anilines is 2. The first-order chi connectivity index (χ1) is 12.8. The lowest BCUT2D eigenvalue weighted by atomic mass is 10.0. The number of hydrogen-bond acceptors (Lipinski definition) is 5. The van der Waals surface area contributed by atoms with Crippen molar-refractivity contribution in [2.45, 2.75) is 6.17 Å². The van der Waals surface area contributed by atoms with E-state index in [1.165, 1.54) is 0 Å². The van der Waals surface area contributed by atoms with Gasteiger partial charge in [0.15, 0.2) is 11.5 Å². The zero-order chi connectivity index (χ0) is 17.5. The smallest absolute Gasteiger partial charge is 0.262 e. The van der Waals surface area contributed by atoms with Gasteiger partial charge in [-0.15, -0.1) is 0 Å². The van der Waals surface area contributed by atoms with Crippen LogP contribution in [0.15, 0.2) is 54.7 Å². The number of rotatable bonds is 2. The van der Waals surface area contributed by atoms with Crippen LogP contribution in [0, 0.1) is 0 Å². The lowest BCUT2D eigenvalue weighted by Crippen LogP contribution is -2.43. The first-order valence-corrected chi connectivity index (χ1v) is 8.39. The molecule has 3 heterocycles. The number of amides is 1. The van der Waals surface area contributed by atoms with Gasteiger partial charge in [-0.3, -0.25) is 14.8 Å². The van der Waals surface area contributed by atoms with Crippen LogP contribution in [0.1, 0.15) is 22.2 Å². The number of carbonyl (C=O) groups excluding carboxylic acids is 1. The highest BCUT2D eigenvalue weighted by Crippen LogP contribution is 2.40. The molecule has 26 heavy (non-hydrogen) atoms. The van der Waals surface area contributed by atoms with E-state index in [-0.39, 0.29) is 5.91 Å². The summed E-state index contributed by atoms with van der Waals surface area (Å²) in [7, 11) is 0. The van der Waals surface area contributed by atoms with Crippen LogP contribution in [0.2, 0.25) is 0 Å². The molecule has 0 aliphatic carbocycles. The number of H-pyrrole nitrogens is 1. The Balaban J connectivity index is 1.63. The molecule has 2 aliphatic heterocycles. The van der Waals surface area contributed by atoms with Gasteiger partial charge in [-0.2, -0.15) is 5.10 Å². The number of ether oxygens (including phenoxy) is 2. The number of benzene rings is 2. The molecule has 1 aromatic heterocycles. The molecule has 0 fully saturated rings. The molecule has 130 valence electrons. The van der Waals surface area contributed by atoms with Gasteiger partial charge in [0, 0.05) is 18.0 Å². The van der Waals surface area contributed by atoms with Gasteiger partial charge in [-0.1, -0.05) is 12.1 Å². The van der Waals surface area contributed by atoms with Gasteiger partial charge in [0.25, 0.3) is 5.91 Å². The maximum Gasteiger partial charge on any atom is 0.262 e. The Kier molecular flexibility index (Phi) is 3.31. The molecule has 2 aromatic carbocycles. The van der Waals surface area contributed by atoms with E-state index < -0.39 is 6.17 Å². The Labute approximate surface area is 149 Å². The molecular weight excluding hydrogens is 332 g/mol. The second-order valence-corrected chi connectivity index (χ2v) is 6.11. The summed E-state index contributed by atoms with van der Waals surface area (Å²) in [5, 5.41) is 10.4. The number of hydrogen-bond donors (Lipinski definition) is 2. The lowest BCUT2D eigenvalue weighted by molar-refractivity contribution is 0.0974. The predicted molar refractivity (Wildman–Crippen MR) is 95.6 cm³/mol. The molecule has 0 unspecified atom stereocenters. The van der Waals surface area contributed by atoms with E-state index in [0.29, 0.717) is 30.3 Å². The summed E-state index contributed by atoms with van der Waals surface area (Å²) in [5.41, 5.74) is 2.94. The fraction of sp³-hybridized carbons (Fsp3) is 0.158. The highest BCUT2D eigenvalue weighted by atomic mass is 16.6. The van der Waals surface area contributed by atoms with E-state index in [1.807, 2.05) is 48.5 Å². The number of para-hydroxylation sites is 1. The van der Waals surface area contributed by atoms with Crippen LogP contribution in [0.5, 0.6) is 11.5 Å². The molecule has 3 aromatic rings. The largest absolute Gasteiger partial charge is 0.486 e. The standard InChI is InChI=1S/C19H16N4O3/c24-19-13-3-1-2-4-14(13)21-18(15-7-8-20-22-15)23(19)12-5-6-16-17(11-12)26-10-9-25-16/h1-8,11,18,21H,9-10H2,(H,20,22)/t18-/m0/s1. The highest BCUT2D eigenvalue weighted by Gasteiger charge is 2.35. The molecule has 1 amide bonds. The fourth-order valence-corrected chi connectivity index (χ4v) is 3.34. The number of carbonyl (C=O) groups is 1. The van der Waals surface area contributed by atoms with E-state index in [2.05, 4.69) is 15.5 Å². The molecule has 7 heteroatoms. The topological polar surface area (TPSA) is 79.5 Å². The van der Waals surface area contributed by atoms with Crippen LogP contribution in [0.3, 0.4) is 0 Å². The molecular formula is C19H16N4O3. The summed E-state index contributed by atoms with van der Waals surface area (Å²) in [6.07, 6.45) is 1.27. The second-order valence-electron chi connectivity index (χ2n) is 6.11. The van der Waals surface area contributed by atoms with Crippen LogP contribution >= 0.6 is 0 Å². The summed E-state index contributed by atoms with van der Waals surface area (Å²) in [6.45, 7) is 1.02. The molecule has 2 N–H and O–H groups in total. The molecule has 2 aliphatic rings. The zero-order valence-electron chi connectivity index (χ0n) is 13.8. The van der Waals surface area contributed by atoms with Crippen LogP contribution in [0.25, 0.3) is 0 Å². The lowest BCUT2D eigenvalue weighted by Gasteiger charge is -2.37. The Morgan fingerprint density at radius 2 is 1.88 bits per heavy atom. The van der Waals surface area contributed by atoms with Gasteiger partial charge < -0.3 is 14.8 Å². The normalized spacial score (nSPS) is 18.2. The van der Waals surface area contributed by atoms with Gasteiger partial charge in [0.05, 0.1) is 16.9 Å². The van der Waals surface area contributed by atoms with Crippen molar-refractivity contribution in [1.29, 1.82) is 0 Å². The van der Waals surface area contributed by atoms with Gasteiger partial charge >= 0.3 is 0 Å². The SMILES string of the molecule is O=C1c2ccccc2N[C@H](c2ccn[nH]2)N1c1ccc2c(c1)OCCO2. The monoisotopic (exact) mass is 348 g/mol. The predicted octanol–water partition coefficient (Wildman–Crippen LogP) is 2.95. The van der Waals surface area contributed by atoms with Crippen molar-refractivity contribution in [2.24, 2.45) is 0 Å². The average molecular weight is 348 g/mol. The first kappa shape index (κ1) is 14.8. The summed E-state index contributed by atoms with van der Waals surface area (Å²) in [5.74, 6) is 1.25. The van der Waals surface area contributed by atoms with Gasteiger partial charge in [-0.25, -0.2) is 0 Å². The molecule has 5 rings (SSSR count). The van der Waals surface area contributed by atoms with Crippen molar-refractivity contribution in [1.82, 2.24) is 10.2 Å². The maximum atomic E-state index is 13.3. The second kappa shape index (κ2) is 5.80. The minimum Gasteiger partial charge on any atom is -0.486 e. The summed E-state index contributed by atoms with van der Waals surface area (Å²) >= 11 is 0. The minimum atomic E-state index is -0.401. The van der Waals surface area contributed by atoms with E-state index in [4.69, 9.17) is 9.47 Å². The molecule has 0 bridgehead atoms. The number of nitrogens with one attached hydrogen (secondary N) is 2. The minimum absolute atomic E-state index is 0.0874. The molecule has 0 saturated carbocycles. The Morgan fingerprint density at radius 1 is 1.04 bits per heavy atom. The number of aromatic amines is 1. The first-order valence-electron chi connectivity index (χ1n) is 8.39. The molecule has 0 radical (unpaired) electrons. The van der Waals surface area contributed by atoms with Crippen LogP contribution < -0.4 is 19.7 Å². The maximum absolute atomic E-state index is 13.3. The van der Waals surface area contributed by atoms with Crippen molar-refractivity contribution in [3.05, 3.63) is 66.0 Å². The average Bonchev–Trinajstić information content (AvgIpc) is 3.22. The molecule has 7 nitrogen and oxygen atoms in total. The van der Waals surface area contributed by atoms with E-state index in [9.17, 15) is 4.79 Å². The Morgan fingerprint density at radius 3 is 2.73 bits per heavy atom. The van der Waals surface area contributed by atoms with E-state index in [0.717, 1.165) is 17.1 Å². The summed E-state index contributed by atoms with van der Waals surface area (Å²) < 4.78 is 11.3. The number of nitrogens with zero attached hydrogens (tertiary/aromatic N) is 2. The number of fused-ring (bicyclic) bond motifs is 2. The van der Waals surface area contributed by atoms with Crippen molar-refractivity contribution >= 4 is 17.3 Å². The molecule has 0 spiro atoms. The van der Waals surface area contributed by atoms with Crippen LogP contribution in [-0.2, 0) is 0 Å². The third-order valence-electron chi connectivity index (χ3n) is 4.55. The Hall–Kier alpha value is -3.48. The number of aromatic nitrogens is 2. The van der Waals surface area contributed by atoms with Crippen molar-refractivity contribution < 1.29 is 14.3 Å². The van der Waals surface area contributed by atoms with Gasteiger partial charge in [0.2, 0.25) is 0 Å². The molecule has 1 atom stereocenters. The summed E-state index contributed by atoms with van der Waals surface area (Å²) in [4.78, 5) is 15.0. The Bertz CT molecular complexity index is 971. The quantitative estimate of drug-likeness (QED) is 0.744. The fourth-order valence-electron chi connectivity index (χ4n) is 3.34. The van der Waals surface area contributed by atoms with Gasteiger partial charge in [0.1, 0.15) is 19.4 Å². The third-order valence-corrected chi connectivity index (χ3v) is 4.55. The van der Waals surface area contributed by atoms with Crippen LogP contribution in [-0.4, -0.2) is 29.3 Å².